The fourth-order valence-corrected chi connectivity index (χ4v) is 6.42. The highest BCUT2D eigenvalue weighted by Gasteiger charge is 2.42. The maximum absolute atomic E-state index is 13.4. The van der Waals surface area contributed by atoms with Gasteiger partial charge in [0.2, 0.25) is 5.82 Å². The summed E-state index contributed by atoms with van der Waals surface area (Å²) in [4.78, 5) is 28.6. The van der Waals surface area contributed by atoms with Crippen molar-refractivity contribution in [3.05, 3.63) is 154 Å². The maximum atomic E-state index is 13.4. The maximum Gasteiger partial charge on any atom is 0.326 e. The number of benzene rings is 4. The van der Waals surface area contributed by atoms with Gasteiger partial charge in [0.05, 0.1) is 16.1 Å². The van der Waals surface area contributed by atoms with Gasteiger partial charge in [0.15, 0.2) is 5.54 Å². The van der Waals surface area contributed by atoms with Crippen LogP contribution in [0.25, 0.3) is 22.7 Å². The molecule has 44 heavy (non-hydrogen) atoms. The van der Waals surface area contributed by atoms with Crippen LogP contribution in [0.2, 0.25) is 0 Å². The second-order valence-electron chi connectivity index (χ2n) is 10.1. The van der Waals surface area contributed by atoms with E-state index in [1.54, 1.807) is 40.5 Å². The van der Waals surface area contributed by atoms with E-state index in [-0.39, 0.29) is 17.0 Å². The van der Waals surface area contributed by atoms with Gasteiger partial charge in [0.25, 0.3) is 5.91 Å². The number of carbonyl (C=O) groups excluding carboxylic acids is 2. The van der Waals surface area contributed by atoms with Crippen molar-refractivity contribution in [2.75, 3.05) is 4.90 Å². The summed E-state index contributed by atoms with van der Waals surface area (Å²) in [7, 11) is 0. The van der Waals surface area contributed by atoms with Gasteiger partial charge in [-0.2, -0.15) is 0 Å². The summed E-state index contributed by atoms with van der Waals surface area (Å²) >= 11 is 1.27. The number of nitrogens with two attached hydrogens (primary N) is 1. The van der Waals surface area contributed by atoms with Crippen LogP contribution < -0.4 is 10.6 Å². The van der Waals surface area contributed by atoms with Gasteiger partial charge in [-0.15, -0.1) is 26.3 Å². The van der Waals surface area contributed by atoms with Crippen LogP contribution in [0.1, 0.15) is 27.1 Å². The summed E-state index contributed by atoms with van der Waals surface area (Å²) in [6.07, 6.45) is 0. The Kier molecular flexibility index (Phi) is 6.60. The van der Waals surface area contributed by atoms with Crippen LogP contribution in [0.4, 0.5) is 10.5 Å². The van der Waals surface area contributed by atoms with Crippen molar-refractivity contribution >= 4 is 40.3 Å². The standard InChI is InChI=1S/C34H24N6O3S/c35-33(43)39-27-19-18-22(21-26(27)29(32(39)42)30(41)28-17-10-20-44-28)31-36-38-40(37-31)34(23-11-4-1-5-12-23,24-13-6-2-7-14-24)25-15-8-3-9-16-25/h1-21,41H,(H2,35,43). The quantitative estimate of drug-likeness (QED) is 0.136. The Morgan fingerprint density at radius 3 is 1.91 bits per heavy atom. The highest BCUT2D eigenvalue weighted by Crippen LogP contribution is 2.43. The normalized spacial score (nSPS) is 14.0. The van der Waals surface area contributed by atoms with Crippen LogP contribution >= 0.6 is 11.3 Å². The Hall–Kier alpha value is -5.87. The topological polar surface area (TPSA) is 127 Å². The van der Waals surface area contributed by atoms with Crippen molar-refractivity contribution in [3.8, 4) is 11.4 Å². The molecule has 10 heteroatoms. The van der Waals surface area contributed by atoms with E-state index < -0.39 is 17.5 Å². The Bertz CT molecular complexity index is 1930. The van der Waals surface area contributed by atoms with Crippen molar-refractivity contribution in [2.24, 2.45) is 5.73 Å². The van der Waals surface area contributed by atoms with E-state index in [0.29, 0.717) is 21.8 Å². The molecule has 7 rings (SSSR count). The van der Waals surface area contributed by atoms with Gasteiger partial charge in [-0.05, 0) is 51.5 Å². The number of fused-ring (bicyclic) bond motifs is 1. The second-order valence-corrected chi connectivity index (χ2v) is 11.1. The van der Waals surface area contributed by atoms with Crippen LogP contribution in [0.15, 0.2) is 127 Å². The van der Waals surface area contributed by atoms with Crippen LogP contribution in [-0.4, -0.2) is 37.3 Å². The number of aliphatic hydroxyl groups excluding tert-OH is 1. The molecule has 0 fully saturated rings. The van der Waals surface area contributed by atoms with Crippen molar-refractivity contribution < 1.29 is 14.7 Å². The van der Waals surface area contributed by atoms with Crippen LogP contribution in [-0.2, 0) is 10.3 Å². The lowest BCUT2D eigenvalue weighted by molar-refractivity contribution is -0.112. The lowest BCUT2D eigenvalue weighted by Gasteiger charge is -2.34. The summed E-state index contributed by atoms with van der Waals surface area (Å²) in [6.45, 7) is 0. The van der Waals surface area contributed by atoms with Gasteiger partial charge in [-0.1, -0.05) is 97.1 Å². The summed E-state index contributed by atoms with van der Waals surface area (Å²) in [6, 6.07) is 37.4. The molecule has 6 aromatic rings. The Labute approximate surface area is 256 Å². The first-order valence-corrected chi connectivity index (χ1v) is 14.6. The van der Waals surface area contributed by atoms with Crippen LogP contribution in [0, 0.1) is 0 Å². The minimum absolute atomic E-state index is 0.0253. The lowest BCUT2D eigenvalue weighted by atomic mass is 9.77. The molecular weight excluding hydrogens is 572 g/mol. The molecular formula is C34H24N6O3S. The molecule has 3 amide bonds. The zero-order valence-electron chi connectivity index (χ0n) is 23.1. The fourth-order valence-electron chi connectivity index (χ4n) is 5.75. The number of nitrogens with zero attached hydrogens (tertiary/aromatic N) is 5. The number of aromatic nitrogens is 4. The van der Waals surface area contributed by atoms with Crippen molar-refractivity contribution in [1.82, 2.24) is 20.2 Å². The Balaban J connectivity index is 1.43. The lowest BCUT2D eigenvalue weighted by Crippen LogP contribution is -2.39. The number of hydrogen-bond donors (Lipinski definition) is 2. The number of primary amides is 1. The molecule has 3 N–H and O–H groups in total. The molecule has 0 atom stereocenters. The summed E-state index contributed by atoms with van der Waals surface area (Å²) in [5, 5.41) is 26.9. The predicted octanol–water partition coefficient (Wildman–Crippen LogP) is 6.09. The molecule has 4 aromatic carbocycles. The number of rotatable bonds is 6. The average molecular weight is 597 g/mol. The monoisotopic (exact) mass is 596 g/mol. The number of carbonyl (C=O) groups is 2. The molecule has 0 radical (unpaired) electrons. The molecule has 1 aliphatic rings. The molecule has 0 bridgehead atoms. The third kappa shape index (κ3) is 4.19. The molecule has 9 nitrogen and oxygen atoms in total. The van der Waals surface area contributed by atoms with Crippen molar-refractivity contribution in [2.45, 2.75) is 5.54 Å². The number of anilines is 1. The van der Waals surface area contributed by atoms with E-state index in [9.17, 15) is 14.7 Å². The number of tetrazole rings is 1. The molecule has 0 spiro atoms. The SMILES string of the molecule is NC(=O)N1C(=O)C(=C(O)c2cccs2)c2cc(-c3nnn(C(c4ccccc4)(c4ccccc4)c4ccccc4)n3)ccc21. The second kappa shape index (κ2) is 10.8. The third-order valence-corrected chi connectivity index (χ3v) is 8.56. The molecule has 0 saturated heterocycles. The molecule has 214 valence electrons. The molecule has 0 aliphatic carbocycles. The molecule has 0 saturated carbocycles. The average Bonchev–Trinajstić information content (AvgIpc) is 3.83. The van der Waals surface area contributed by atoms with Crippen molar-refractivity contribution in [1.29, 1.82) is 0 Å². The molecule has 2 aromatic heterocycles. The van der Waals surface area contributed by atoms with Gasteiger partial charge in [-0.3, -0.25) is 4.79 Å². The van der Waals surface area contributed by atoms with Gasteiger partial charge in [0, 0.05) is 11.1 Å². The highest BCUT2D eigenvalue weighted by atomic mass is 32.1. The predicted molar refractivity (Wildman–Crippen MR) is 169 cm³/mol. The van der Waals surface area contributed by atoms with E-state index in [0.717, 1.165) is 21.6 Å². The van der Waals surface area contributed by atoms with E-state index in [2.05, 4.69) is 10.3 Å². The summed E-state index contributed by atoms with van der Waals surface area (Å²) in [5.74, 6) is -0.650. The van der Waals surface area contributed by atoms with Crippen molar-refractivity contribution in [3.63, 3.8) is 0 Å². The summed E-state index contributed by atoms with van der Waals surface area (Å²) in [5.41, 5.74) is 8.53. The third-order valence-electron chi connectivity index (χ3n) is 7.68. The Morgan fingerprint density at radius 1 is 0.795 bits per heavy atom. The highest BCUT2D eigenvalue weighted by molar-refractivity contribution is 7.11. The zero-order chi connectivity index (χ0) is 30.3. The number of aliphatic hydroxyl groups is 1. The minimum Gasteiger partial charge on any atom is -0.506 e. The first kappa shape index (κ1) is 27.0. The first-order chi connectivity index (χ1) is 21.5. The van der Waals surface area contributed by atoms with E-state index >= 15 is 0 Å². The number of imide groups is 1. The molecule has 1 aliphatic heterocycles. The number of urea groups is 1. The van der Waals surface area contributed by atoms with Crippen LogP contribution in [0.3, 0.4) is 0 Å². The fraction of sp³-hybridized carbons (Fsp3) is 0.0294. The number of amides is 3. The van der Waals surface area contributed by atoms with E-state index in [1.165, 1.54) is 11.3 Å². The minimum atomic E-state index is -0.965. The summed E-state index contributed by atoms with van der Waals surface area (Å²) < 4.78 is 0. The van der Waals surface area contributed by atoms with Gasteiger partial charge >= 0.3 is 6.03 Å². The van der Waals surface area contributed by atoms with Gasteiger partial charge in [-0.25, -0.2) is 9.69 Å². The Morgan fingerprint density at radius 2 is 1.39 bits per heavy atom. The molecule has 3 heterocycles. The number of hydrogen-bond acceptors (Lipinski definition) is 7. The van der Waals surface area contributed by atoms with Gasteiger partial charge < -0.3 is 10.8 Å². The number of thiophene rings is 1. The zero-order valence-corrected chi connectivity index (χ0v) is 23.9. The molecule has 0 unspecified atom stereocenters. The smallest absolute Gasteiger partial charge is 0.326 e. The van der Waals surface area contributed by atoms with E-state index in [1.807, 2.05) is 91.0 Å². The first-order valence-electron chi connectivity index (χ1n) is 13.7. The largest absolute Gasteiger partial charge is 0.506 e. The van der Waals surface area contributed by atoms with Gasteiger partial charge in [0.1, 0.15) is 5.76 Å². The van der Waals surface area contributed by atoms with Crippen LogP contribution in [0.5, 0.6) is 0 Å². The van der Waals surface area contributed by atoms with E-state index in [4.69, 9.17) is 10.8 Å².